The Morgan fingerprint density at radius 2 is 2.04 bits per heavy atom. The molecule has 0 saturated carbocycles. The van der Waals surface area contributed by atoms with Gasteiger partial charge in [0.2, 0.25) is 5.91 Å². The van der Waals surface area contributed by atoms with E-state index < -0.39 is 0 Å². The number of aryl methyl sites for hydroxylation is 1. The number of ether oxygens (including phenoxy) is 1. The van der Waals surface area contributed by atoms with Crippen LogP contribution in [0.5, 0.6) is 0 Å². The third-order valence-electron chi connectivity index (χ3n) is 5.61. The maximum atomic E-state index is 12.5. The van der Waals surface area contributed by atoms with Gasteiger partial charge >= 0.3 is 0 Å². The minimum Gasteiger partial charge on any atom is -0.379 e. The van der Waals surface area contributed by atoms with Gasteiger partial charge in [-0.3, -0.25) is 14.6 Å². The summed E-state index contributed by atoms with van der Waals surface area (Å²) >= 11 is 0. The van der Waals surface area contributed by atoms with Crippen LogP contribution in [-0.2, 0) is 16.0 Å². The molecule has 2 aliphatic rings. The molecule has 1 aliphatic carbocycles. The molecule has 1 aliphatic heterocycles. The van der Waals surface area contributed by atoms with Crippen LogP contribution < -0.4 is 5.32 Å². The number of likely N-dealkylation sites (N-methyl/N-ethyl adjacent to an activating group) is 1. The number of hydrogen-bond donors (Lipinski definition) is 1. The molecule has 138 valence electrons. The predicted octanol–water partition coefficient (Wildman–Crippen LogP) is 1.83. The fraction of sp³-hybridized carbons (Fsp3) is 0.650. The van der Waals surface area contributed by atoms with Crippen LogP contribution in [0.25, 0.3) is 0 Å². The molecule has 1 saturated heterocycles. The first-order valence-electron chi connectivity index (χ1n) is 9.35. The SMILES string of the molecule is CN(CC(=O)NCC(C)(C)N1CCOCC1)C1CCc2ccccc21. The molecule has 3 rings (SSSR count). The molecule has 0 aromatic heterocycles. The van der Waals surface area contributed by atoms with Crippen molar-refractivity contribution < 1.29 is 9.53 Å². The Morgan fingerprint density at radius 1 is 1.32 bits per heavy atom. The summed E-state index contributed by atoms with van der Waals surface area (Å²) in [5.74, 6) is 0.105. The van der Waals surface area contributed by atoms with Crippen molar-refractivity contribution in [1.82, 2.24) is 15.1 Å². The minimum absolute atomic E-state index is 0.0437. The van der Waals surface area contributed by atoms with Crippen LogP contribution in [0.4, 0.5) is 0 Å². The van der Waals surface area contributed by atoms with E-state index >= 15 is 0 Å². The fourth-order valence-corrected chi connectivity index (χ4v) is 3.98. The van der Waals surface area contributed by atoms with Gasteiger partial charge in [-0.05, 0) is 44.9 Å². The third-order valence-corrected chi connectivity index (χ3v) is 5.61. The molecular weight excluding hydrogens is 314 g/mol. The summed E-state index contributed by atoms with van der Waals surface area (Å²) < 4.78 is 5.42. The molecule has 1 N–H and O–H groups in total. The van der Waals surface area contributed by atoms with Gasteiger partial charge in [0.05, 0.1) is 19.8 Å². The van der Waals surface area contributed by atoms with E-state index in [-0.39, 0.29) is 11.4 Å². The number of fused-ring (bicyclic) bond motifs is 1. The Hall–Kier alpha value is -1.43. The molecule has 1 atom stereocenters. The Bertz CT molecular complexity index is 596. The Balaban J connectivity index is 1.49. The van der Waals surface area contributed by atoms with Gasteiger partial charge in [0.25, 0.3) is 0 Å². The molecule has 1 unspecified atom stereocenters. The zero-order valence-electron chi connectivity index (χ0n) is 15.8. The molecule has 0 bridgehead atoms. The molecule has 5 heteroatoms. The first-order chi connectivity index (χ1) is 12.0. The zero-order valence-corrected chi connectivity index (χ0v) is 15.8. The lowest BCUT2D eigenvalue weighted by atomic mass is 10.0. The standard InChI is InChI=1S/C20H31N3O2/c1-20(2,23-10-12-25-13-11-23)15-21-19(24)14-22(3)18-9-8-16-6-4-5-7-17(16)18/h4-7,18H,8-15H2,1-3H3,(H,21,24). The van der Waals surface area contributed by atoms with Crippen molar-refractivity contribution in [1.29, 1.82) is 0 Å². The monoisotopic (exact) mass is 345 g/mol. The molecule has 1 amide bonds. The van der Waals surface area contributed by atoms with Gasteiger partial charge in [-0.1, -0.05) is 24.3 Å². The van der Waals surface area contributed by atoms with Gasteiger partial charge in [-0.2, -0.15) is 0 Å². The summed E-state index contributed by atoms with van der Waals surface area (Å²) in [6.07, 6.45) is 2.21. The summed E-state index contributed by atoms with van der Waals surface area (Å²) in [6.45, 7) is 8.91. The summed E-state index contributed by atoms with van der Waals surface area (Å²) in [7, 11) is 2.06. The highest BCUT2D eigenvalue weighted by molar-refractivity contribution is 5.78. The highest BCUT2D eigenvalue weighted by Gasteiger charge is 2.30. The molecular formula is C20H31N3O2. The van der Waals surface area contributed by atoms with E-state index in [9.17, 15) is 4.79 Å². The number of rotatable bonds is 6. The molecule has 1 aromatic carbocycles. The van der Waals surface area contributed by atoms with Crippen LogP contribution in [-0.4, -0.2) is 67.7 Å². The van der Waals surface area contributed by atoms with Crippen LogP contribution in [0.3, 0.4) is 0 Å². The van der Waals surface area contributed by atoms with Crippen LogP contribution in [0.2, 0.25) is 0 Å². The Labute approximate surface area is 151 Å². The molecule has 1 heterocycles. The smallest absolute Gasteiger partial charge is 0.234 e. The van der Waals surface area contributed by atoms with Crippen LogP contribution in [0.1, 0.15) is 37.4 Å². The lowest BCUT2D eigenvalue weighted by Crippen LogP contribution is -2.56. The Morgan fingerprint density at radius 3 is 2.80 bits per heavy atom. The van der Waals surface area contributed by atoms with E-state index in [2.05, 4.69) is 60.3 Å². The van der Waals surface area contributed by atoms with E-state index in [1.807, 2.05) is 0 Å². The normalized spacial score (nSPS) is 21.4. The molecule has 1 fully saturated rings. The van der Waals surface area contributed by atoms with Crippen LogP contribution in [0.15, 0.2) is 24.3 Å². The summed E-state index contributed by atoms with van der Waals surface area (Å²) in [4.78, 5) is 17.0. The average molecular weight is 345 g/mol. The molecule has 0 radical (unpaired) electrons. The molecule has 25 heavy (non-hydrogen) atoms. The van der Waals surface area contributed by atoms with E-state index in [1.165, 1.54) is 11.1 Å². The number of nitrogens with one attached hydrogen (secondary N) is 1. The van der Waals surface area contributed by atoms with Crippen LogP contribution in [0, 0.1) is 0 Å². The van der Waals surface area contributed by atoms with Crippen molar-refractivity contribution in [3.63, 3.8) is 0 Å². The number of morpholine rings is 1. The second kappa shape index (κ2) is 7.85. The second-order valence-corrected chi connectivity index (χ2v) is 7.86. The summed E-state index contributed by atoms with van der Waals surface area (Å²) in [6, 6.07) is 8.95. The average Bonchev–Trinajstić information content (AvgIpc) is 3.05. The summed E-state index contributed by atoms with van der Waals surface area (Å²) in [5.41, 5.74) is 2.76. The molecule has 1 aromatic rings. The van der Waals surface area contributed by atoms with Crippen molar-refractivity contribution in [3.8, 4) is 0 Å². The fourth-order valence-electron chi connectivity index (χ4n) is 3.98. The number of carbonyl (C=O) groups is 1. The van der Waals surface area contributed by atoms with Gasteiger partial charge in [0, 0.05) is 31.2 Å². The first-order valence-corrected chi connectivity index (χ1v) is 9.35. The van der Waals surface area contributed by atoms with E-state index in [4.69, 9.17) is 4.74 Å². The van der Waals surface area contributed by atoms with Crippen molar-refractivity contribution in [3.05, 3.63) is 35.4 Å². The quantitative estimate of drug-likeness (QED) is 0.854. The number of hydrogen-bond acceptors (Lipinski definition) is 4. The van der Waals surface area contributed by atoms with Crippen molar-refractivity contribution in [2.45, 2.75) is 38.3 Å². The van der Waals surface area contributed by atoms with Crippen molar-refractivity contribution in [2.75, 3.05) is 46.4 Å². The number of amides is 1. The third kappa shape index (κ3) is 4.40. The highest BCUT2D eigenvalue weighted by Crippen LogP contribution is 2.34. The van der Waals surface area contributed by atoms with Gasteiger partial charge in [0.15, 0.2) is 0 Å². The molecule has 0 spiro atoms. The first kappa shape index (κ1) is 18.4. The Kier molecular flexibility index (Phi) is 5.77. The van der Waals surface area contributed by atoms with Crippen molar-refractivity contribution in [2.24, 2.45) is 0 Å². The van der Waals surface area contributed by atoms with E-state index in [0.717, 1.165) is 39.1 Å². The second-order valence-electron chi connectivity index (χ2n) is 7.86. The van der Waals surface area contributed by atoms with Gasteiger partial charge in [-0.15, -0.1) is 0 Å². The maximum absolute atomic E-state index is 12.5. The zero-order chi connectivity index (χ0) is 17.9. The lowest BCUT2D eigenvalue weighted by Gasteiger charge is -2.41. The maximum Gasteiger partial charge on any atom is 0.234 e. The van der Waals surface area contributed by atoms with Gasteiger partial charge in [0.1, 0.15) is 0 Å². The van der Waals surface area contributed by atoms with Crippen LogP contribution >= 0.6 is 0 Å². The van der Waals surface area contributed by atoms with E-state index in [1.54, 1.807) is 0 Å². The molecule has 5 nitrogen and oxygen atoms in total. The topological polar surface area (TPSA) is 44.8 Å². The van der Waals surface area contributed by atoms with E-state index in [0.29, 0.717) is 19.1 Å². The number of carbonyl (C=O) groups excluding carboxylic acids is 1. The highest BCUT2D eigenvalue weighted by atomic mass is 16.5. The lowest BCUT2D eigenvalue weighted by molar-refractivity contribution is -0.123. The predicted molar refractivity (Wildman–Crippen MR) is 99.6 cm³/mol. The number of nitrogens with zero attached hydrogens (tertiary/aromatic N) is 2. The summed E-state index contributed by atoms with van der Waals surface area (Å²) in [5, 5.41) is 3.14. The largest absolute Gasteiger partial charge is 0.379 e. The minimum atomic E-state index is -0.0437. The van der Waals surface area contributed by atoms with Crippen molar-refractivity contribution >= 4 is 5.91 Å². The van der Waals surface area contributed by atoms with Gasteiger partial charge < -0.3 is 10.1 Å². The number of benzene rings is 1. The van der Waals surface area contributed by atoms with Gasteiger partial charge in [-0.25, -0.2) is 0 Å².